The number of thioether (sulfide) groups is 1. The molecule has 1 N–H and O–H groups in total. The van der Waals surface area contributed by atoms with Crippen molar-refractivity contribution in [2.75, 3.05) is 0 Å². The summed E-state index contributed by atoms with van der Waals surface area (Å²) in [6.07, 6.45) is 2.39. The topological polar surface area (TPSA) is 97.1 Å². The maximum Gasteiger partial charge on any atom is 0.336 e. The van der Waals surface area contributed by atoms with E-state index in [0.717, 1.165) is 16.8 Å². The van der Waals surface area contributed by atoms with Crippen molar-refractivity contribution in [2.24, 2.45) is 5.10 Å². The van der Waals surface area contributed by atoms with Crippen LogP contribution in [-0.4, -0.2) is 26.7 Å². The van der Waals surface area contributed by atoms with Gasteiger partial charge >= 0.3 is 5.18 Å². The Balaban J connectivity index is 1.39. The first-order valence-corrected chi connectivity index (χ1v) is 11.5. The van der Waals surface area contributed by atoms with Gasteiger partial charge in [0.1, 0.15) is 5.75 Å². The molecule has 1 amide bonds. The zero-order valence-electron chi connectivity index (χ0n) is 17.8. The summed E-state index contributed by atoms with van der Waals surface area (Å²) in [6.45, 7) is 0. The van der Waals surface area contributed by atoms with E-state index in [4.69, 9.17) is 9.84 Å². The van der Waals surface area contributed by atoms with Gasteiger partial charge in [0.2, 0.25) is 0 Å². The van der Waals surface area contributed by atoms with Crippen molar-refractivity contribution in [3.8, 4) is 5.75 Å². The molecule has 3 aromatic rings. The molecule has 0 radical (unpaired) electrons. The van der Waals surface area contributed by atoms with Crippen molar-refractivity contribution >= 4 is 35.1 Å². The number of rotatable bonds is 3. The number of nitro benzene ring substituents is 1. The monoisotopic (exact) mass is 470 g/mol. The molecule has 3 aliphatic heterocycles. The highest BCUT2D eigenvalue weighted by Crippen LogP contribution is 2.53. The van der Waals surface area contributed by atoms with Gasteiger partial charge in [0.15, 0.2) is 0 Å². The third-order valence-corrected chi connectivity index (χ3v) is 7.16. The van der Waals surface area contributed by atoms with Crippen LogP contribution in [0, 0.1) is 10.1 Å². The fourth-order valence-corrected chi connectivity index (χ4v) is 5.56. The Bertz CT molecular complexity index is 1370. The fourth-order valence-electron chi connectivity index (χ4n) is 4.39. The number of para-hydroxylation sites is 1. The molecular formula is C25H18N4O4S. The first-order chi connectivity index (χ1) is 16.5. The van der Waals surface area contributed by atoms with Crippen LogP contribution in [0.25, 0.3) is 6.08 Å². The number of nitrogens with zero attached hydrogens (tertiary/aromatic N) is 3. The van der Waals surface area contributed by atoms with Crippen LogP contribution >= 0.6 is 11.8 Å². The number of hydrazone groups is 1. The van der Waals surface area contributed by atoms with Crippen molar-refractivity contribution in [2.45, 2.75) is 17.6 Å². The number of hydrogen-bond acceptors (Lipinski definition) is 7. The van der Waals surface area contributed by atoms with E-state index in [0.29, 0.717) is 22.6 Å². The Morgan fingerprint density at radius 2 is 1.82 bits per heavy atom. The molecule has 0 saturated carbocycles. The number of nitrogens with one attached hydrogen (secondary N) is 1. The molecule has 9 heteroatoms. The summed E-state index contributed by atoms with van der Waals surface area (Å²) >= 11 is 1.25. The van der Waals surface area contributed by atoms with Gasteiger partial charge in [-0.15, -0.1) is 0 Å². The van der Waals surface area contributed by atoms with E-state index in [1.165, 1.54) is 23.9 Å². The lowest BCUT2D eigenvalue weighted by atomic mass is 9.97. The average molecular weight is 471 g/mol. The molecule has 2 atom stereocenters. The van der Waals surface area contributed by atoms with Crippen molar-refractivity contribution in [3.63, 3.8) is 0 Å². The van der Waals surface area contributed by atoms with Gasteiger partial charge in [0.25, 0.3) is 11.6 Å². The van der Waals surface area contributed by atoms with Crippen LogP contribution in [0.5, 0.6) is 5.75 Å². The number of benzene rings is 3. The number of non-ortho nitro benzene ring substituents is 1. The van der Waals surface area contributed by atoms with Gasteiger partial charge in [-0.3, -0.25) is 20.2 Å². The number of nitro groups is 1. The highest BCUT2D eigenvalue weighted by Gasteiger charge is 2.57. The van der Waals surface area contributed by atoms with Gasteiger partial charge in [0.05, 0.1) is 21.6 Å². The van der Waals surface area contributed by atoms with Crippen LogP contribution in [0.2, 0.25) is 0 Å². The SMILES string of the molecule is O=C1N[C@]2(Oc3ccccc3[C@H]3CC(c4ccccc4)=NN32)S/C1=C\c1ccc([N+](=O)[O-])cc1. The lowest BCUT2D eigenvalue weighted by molar-refractivity contribution is -0.384. The molecule has 1 spiro atoms. The predicted octanol–water partition coefficient (Wildman–Crippen LogP) is 4.65. The molecule has 0 aliphatic carbocycles. The lowest BCUT2D eigenvalue weighted by Gasteiger charge is -2.43. The largest absolute Gasteiger partial charge is 0.439 e. The summed E-state index contributed by atoms with van der Waals surface area (Å²) in [4.78, 5) is 23.9. The van der Waals surface area contributed by atoms with E-state index >= 15 is 0 Å². The maximum absolute atomic E-state index is 13.0. The molecule has 3 aliphatic rings. The molecule has 0 unspecified atom stereocenters. The smallest absolute Gasteiger partial charge is 0.336 e. The summed E-state index contributed by atoms with van der Waals surface area (Å²) in [7, 11) is 0. The summed E-state index contributed by atoms with van der Waals surface area (Å²) in [6, 6.07) is 23.8. The van der Waals surface area contributed by atoms with E-state index in [1.807, 2.05) is 59.6 Å². The van der Waals surface area contributed by atoms with Gasteiger partial charge < -0.3 is 4.74 Å². The number of carbonyl (C=O) groups excluding carboxylic acids is 1. The number of ether oxygens (including phenoxy) is 1. The minimum atomic E-state index is -1.22. The molecule has 34 heavy (non-hydrogen) atoms. The van der Waals surface area contributed by atoms with Crippen molar-refractivity contribution < 1.29 is 14.5 Å². The van der Waals surface area contributed by atoms with Gasteiger partial charge in [-0.25, -0.2) is 5.01 Å². The van der Waals surface area contributed by atoms with Gasteiger partial charge in [-0.2, -0.15) is 5.10 Å². The van der Waals surface area contributed by atoms with Crippen LogP contribution in [0.4, 0.5) is 5.69 Å². The van der Waals surface area contributed by atoms with Gasteiger partial charge in [-0.1, -0.05) is 48.5 Å². The number of fused-ring (bicyclic) bond motifs is 4. The van der Waals surface area contributed by atoms with Gasteiger partial charge in [-0.05, 0) is 47.2 Å². The zero-order valence-corrected chi connectivity index (χ0v) is 18.6. The van der Waals surface area contributed by atoms with E-state index in [2.05, 4.69) is 5.32 Å². The van der Waals surface area contributed by atoms with Crippen LogP contribution in [0.15, 0.2) is 88.9 Å². The van der Waals surface area contributed by atoms with E-state index in [-0.39, 0.29) is 17.6 Å². The van der Waals surface area contributed by atoms with Crippen molar-refractivity contribution in [3.05, 3.63) is 111 Å². The maximum atomic E-state index is 13.0. The predicted molar refractivity (Wildman–Crippen MR) is 129 cm³/mol. The first-order valence-electron chi connectivity index (χ1n) is 10.7. The molecule has 3 aromatic carbocycles. The highest BCUT2D eigenvalue weighted by molar-refractivity contribution is 8.05. The minimum absolute atomic E-state index is 0.00273. The molecule has 1 saturated heterocycles. The second kappa shape index (κ2) is 7.74. The summed E-state index contributed by atoms with van der Waals surface area (Å²) in [5, 5.41) is 19.5. The molecule has 6 rings (SSSR count). The molecule has 0 aromatic heterocycles. The van der Waals surface area contributed by atoms with Crippen LogP contribution in [0.3, 0.4) is 0 Å². The second-order valence-electron chi connectivity index (χ2n) is 8.11. The first kappa shape index (κ1) is 20.5. The Morgan fingerprint density at radius 1 is 1.09 bits per heavy atom. The number of hydrogen-bond donors (Lipinski definition) is 1. The lowest BCUT2D eigenvalue weighted by Crippen LogP contribution is -2.58. The number of carbonyl (C=O) groups is 1. The zero-order chi connectivity index (χ0) is 23.3. The molecule has 168 valence electrons. The molecule has 1 fully saturated rings. The van der Waals surface area contributed by atoms with E-state index in [9.17, 15) is 14.9 Å². The Hall–Kier alpha value is -4.11. The Kier molecular flexibility index (Phi) is 4.66. The van der Waals surface area contributed by atoms with Gasteiger partial charge in [0, 0.05) is 24.1 Å². The second-order valence-corrected chi connectivity index (χ2v) is 9.31. The average Bonchev–Trinajstić information content (AvgIpc) is 3.43. The molecule has 8 nitrogen and oxygen atoms in total. The molecule has 3 heterocycles. The van der Waals surface area contributed by atoms with E-state index < -0.39 is 10.1 Å². The summed E-state index contributed by atoms with van der Waals surface area (Å²) < 4.78 is 6.39. The fraction of sp³-hybridized carbons (Fsp3) is 0.120. The van der Waals surface area contributed by atoms with Crippen molar-refractivity contribution in [1.29, 1.82) is 0 Å². The number of amides is 1. The summed E-state index contributed by atoms with van der Waals surface area (Å²) in [5.74, 6) is 0.419. The minimum Gasteiger partial charge on any atom is -0.439 e. The highest BCUT2D eigenvalue weighted by atomic mass is 32.2. The van der Waals surface area contributed by atoms with E-state index in [1.54, 1.807) is 18.2 Å². The third-order valence-electron chi connectivity index (χ3n) is 5.99. The van der Waals surface area contributed by atoms with Crippen molar-refractivity contribution in [1.82, 2.24) is 10.3 Å². The standard InChI is InChI=1S/C25H18N4O4S/c30-24-23(14-16-10-12-18(13-11-16)29(31)32)34-25(26-24)28-21(19-8-4-5-9-22(19)33-25)15-20(27-28)17-6-2-1-3-7-17/h1-14,21H,15H2,(H,26,30)/b23-14-/t21-,25+/m1/s1. The Morgan fingerprint density at radius 3 is 2.59 bits per heavy atom. The van der Waals surface area contributed by atoms with Crippen LogP contribution < -0.4 is 10.1 Å². The Labute approximate surface area is 199 Å². The quantitative estimate of drug-likeness (QED) is 0.340. The van der Waals surface area contributed by atoms with Crippen LogP contribution in [-0.2, 0) is 4.79 Å². The van der Waals surface area contributed by atoms with Crippen LogP contribution in [0.1, 0.15) is 29.2 Å². The third kappa shape index (κ3) is 3.32. The molecule has 0 bridgehead atoms. The molecular weight excluding hydrogens is 452 g/mol. The summed E-state index contributed by atoms with van der Waals surface area (Å²) in [5.41, 5.74) is 3.65. The normalized spacial score (nSPS) is 23.8.